The van der Waals surface area contributed by atoms with E-state index in [1.54, 1.807) is 11.8 Å². The fraction of sp³-hybridized carbons (Fsp3) is 0.412. The topological polar surface area (TPSA) is 80.0 Å². The Balaban J connectivity index is 1.93. The van der Waals surface area contributed by atoms with Crippen LogP contribution in [0.5, 0.6) is 5.75 Å². The quantitative estimate of drug-likeness (QED) is 0.914. The minimum Gasteiger partial charge on any atom is -0.502 e. The molecule has 24 heavy (non-hydrogen) atoms. The van der Waals surface area contributed by atoms with Crippen molar-refractivity contribution in [1.82, 2.24) is 4.90 Å². The maximum atomic E-state index is 12.6. The van der Waals surface area contributed by atoms with Gasteiger partial charge in [0.2, 0.25) is 17.1 Å². The van der Waals surface area contributed by atoms with E-state index in [0.29, 0.717) is 32.1 Å². The Bertz CT molecular complexity index is 762. The monoisotopic (exact) mass is 349 g/mol. The summed E-state index contributed by atoms with van der Waals surface area (Å²) in [5.41, 5.74) is 0.360. The summed E-state index contributed by atoms with van der Waals surface area (Å²) in [7, 11) is 0. The Hall–Kier alpha value is -2.12. The molecule has 1 atom stereocenters. The average molecular weight is 349 g/mol. The number of aromatic hydroxyl groups is 1. The molecule has 1 aliphatic heterocycles. The van der Waals surface area contributed by atoms with Crippen LogP contribution in [0, 0.1) is 6.92 Å². The van der Waals surface area contributed by atoms with Gasteiger partial charge in [-0.15, -0.1) is 0 Å². The number of amides is 1. The van der Waals surface area contributed by atoms with E-state index >= 15 is 0 Å². The first kappa shape index (κ1) is 16.7. The van der Waals surface area contributed by atoms with Crippen LogP contribution in [0.15, 0.2) is 32.1 Å². The number of carbonyl (C=O) groups is 1. The normalized spacial score (nSPS) is 16.1. The predicted molar refractivity (Wildman–Crippen MR) is 89.6 cm³/mol. The molecule has 2 aromatic heterocycles. The van der Waals surface area contributed by atoms with Crippen molar-refractivity contribution in [3.05, 3.63) is 50.2 Å². The molecule has 6 nitrogen and oxygen atoms in total. The minimum absolute atomic E-state index is 0.0435. The molecule has 7 heteroatoms. The lowest BCUT2D eigenvalue weighted by molar-refractivity contribution is -0.135. The van der Waals surface area contributed by atoms with E-state index < -0.39 is 17.1 Å². The minimum atomic E-state index is -0.493. The zero-order chi connectivity index (χ0) is 17.1. The van der Waals surface area contributed by atoms with E-state index in [1.807, 2.05) is 16.8 Å². The van der Waals surface area contributed by atoms with Gasteiger partial charge in [-0.05, 0) is 29.3 Å². The van der Waals surface area contributed by atoms with Crippen LogP contribution >= 0.6 is 11.3 Å². The van der Waals surface area contributed by atoms with Gasteiger partial charge in [0.15, 0.2) is 5.76 Å². The second-order valence-corrected chi connectivity index (χ2v) is 6.52. The molecular formula is C17H19NO5S. The maximum absolute atomic E-state index is 12.6. The van der Waals surface area contributed by atoms with Crippen molar-refractivity contribution in [2.24, 2.45) is 0 Å². The van der Waals surface area contributed by atoms with Gasteiger partial charge in [0.05, 0.1) is 19.1 Å². The summed E-state index contributed by atoms with van der Waals surface area (Å²) in [6.45, 7) is 3.82. The fourth-order valence-electron chi connectivity index (χ4n) is 2.81. The summed E-state index contributed by atoms with van der Waals surface area (Å²) in [5.74, 6) is -0.393. The van der Waals surface area contributed by atoms with Gasteiger partial charge in [0.1, 0.15) is 5.76 Å². The summed E-state index contributed by atoms with van der Waals surface area (Å²) >= 11 is 1.49. The maximum Gasteiger partial charge on any atom is 0.227 e. The number of carbonyl (C=O) groups excluding carboxylic acids is 1. The van der Waals surface area contributed by atoms with E-state index in [9.17, 15) is 14.7 Å². The molecule has 0 spiro atoms. The summed E-state index contributed by atoms with van der Waals surface area (Å²) in [4.78, 5) is 26.3. The Morgan fingerprint density at radius 1 is 1.42 bits per heavy atom. The number of morpholine rings is 1. The summed E-state index contributed by atoms with van der Waals surface area (Å²) in [5, 5.41) is 14.0. The third kappa shape index (κ3) is 3.52. The van der Waals surface area contributed by atoms with Gasteiger partial charge in [-0.3, -0.25) is 9.59 Å². The van der Waals surface area contributed by atoms with Gasteiger partial charge in [-0.1, -0.05) is 0 Å². The lowest BCUT2D eigenvalue weighted by Gasteiger charge is -2.28. The number of aryl methyl sites for hydroxylation is 1. The predicted octanol–water partition coefficient (Wildman–Crippen LogP) is 2.10. The second-order valence-electron chi connectivity index (χ2n) is 5.74. The van der Waals surface area contributed by atoms with Crippen molar-refractivity contribution in [3.8, 4) is 5.75 Å². The van der Waals surface area contributed by atoms with Gasteiger partial charge in [0.25, 0.3) is 0 Å². The molecule has 0 bridgehead atoms. The van der Waals surface area contributed by atoms with Crippen molar-refractivity contribution >= 4 is 17.2 Å². The van der Waals surface area contributed by atoms with Gasteiger partial charge >= 0.3 is 0 Å². The number of hydrogen-bond acceptors (Lipinski definition) is 6. The molecule has 1 saturated heterocycles. The molecule has 1 N–H and O–H groups in total. The number of ether oxygens (including phenoxy) is 1. The first-order valence-electron chi connectivity index (χ1n) is 7.77. The molecule has 0 saturated carbocycles. The van der Waals surface area contributed by atoms with E-state index in [0.717, 1.165) is 5.56 Å². The number of thiophene rings is 1. The molecule has 1 fully saturated rings. The van der Waals surface area contributed by atoms with Crippen molar-refractivity contribution in [2.75, 3.05) is 26.3 Å². The van der Waals surface area contributed by atoms with Gasteiger partial charge < -0.3 is 19.2 Å². The third-order valence-electron chi connectivity index (χ3n) is 4.08. The van der Waals surface area contributed by atoms with Crippen LogP contribution in [-0.2, 0) is 9.53 Å². The highest BCUT2D eigenvalue weighted by Crippen LogP contribution is 2.34. The van der Waals surface area contributed by atoms with E-state index in [-0.39, 0.29) is 18.1 Å². The molecule has 1 aliphatic rings. The highest BCUT2D eigenvalue weighted by Gasteiger charge is 2.28. The average Bonchev–Trinajstić information content (AvgIpc) is 3.11. The number of nitrogens with zero attached hydrogens (tertiary/aromatic N) is 1. The third-order valence-corrected chi connectivity index (χ3v) is 4.78. The Kier molecular flexibility index (Phi) is 5.01. The number of rotatable bonds is 4. The first-order valence-corrected chi connectivity index (χ1v) is 8.71. The zero-order valence-corrected chi connectivity index (χ0v) is 14.2. The lowest BCUT2D eigenvalue weighted by Crippen LogP contribution is -2.41. The molecule has 2 aromatic rings. The van der Waals surface area contributed by atoms with Crippen LogP contribution in [-0.4, -0.2) is 42.2 Å². The Labute approximate surface area is 143 Å². The molecule has 3 heterocycles. The van der Waals surface area contributed by atoms with Crippen LogP contribution in [0.4, 0.5) is 0 Å². The summed E-state index contributed by atoms with van der Waals surface area (Å²) in [6, 6.07) is 3.12. The van der Waals surface area contributed by atoms with E-state index in [1.165, 1.54) is 17.4 Å². The highest BCUT2D eigenvalue weighted by atomic mass is 32.1. The first-order chi connectivity index (χ1) is 11.6. The largest absolute Gasteiger partial charge is 0.502 e. The highest BCUT2D eigenvalue weighted by molar-refractivity contribution is 7.08. The van der Waals surface area contributed by atoms with Crippen LogP contribution in [0.2, 0.25) is 0 Å². The Morgan fingerprint density at radius 2 is 2.17 bits per heavy atom. The van der Waals surface area contributed by atoms with Crippen molar-refractivity contribution < 1.29 is 19.1 Å². The van der Waals surface area contributed by atoms with Crippen LogP contribution in [0.3, 0.4) is 0 Å². The molecule has 0 aromatic carbocycles. The summed E-state index contributed by atoms with van der Waals surface area (Å²) in [6.07, 6.45) is 0.136. The molecule has 3 rings (SSSR count). The van der Waals surface area contributed by atoms with Crippen molar-refractivity contribution in [2.45, 2.75) is 19.3 Å². The Morgan fingerprint density at radius 3 is 2.83 bits per heavy atom. The number of hydrogen-bond donors (Lipinski definition) is 1. The fourth-order valence-corrected chi connectivity index (χ4v) is 3.53. The molecule has 1 amide bonds. The second kappa shape index (κ2) is 7.19. The van der Waals surface area contributed by atoms with Crippen LogP contribution in [0.1, 0.15) is 29.4 Å². The molecule has 0 unspecified atom stereocenters. The van der Waals surface area contributed by atoms with Gasteiger partial charge in [-0.25, -0.2) is 0 Å². The standard InChI is InChI=1S/C17H19NO5S/c1-11-8-14(19)16(21)17(23-11)13(12-2-7-24-10-12)9-15(20)18-3-5-22-6-4-18/h2,7-8,10,13,21H,3-6,9H2,1H3/t13-/m1/s1. The zero-order valence-electron chi connectivity index (χ0n) is 13.4. The molecule has 0 aliphatic carbocycles. The molecular weight excluding hydrogens is 330 g/mol. The van der Waals surface area contributed by atoms with Gasteiger partial charge in [0, 0.05) is 25.6 Å². The van der Waals surface area contributed by atoms with E-state index in [2.05, 4.69) is 0 Å². The molecule has 0 radical (unpaired) electrons. The summed E-state index contributed by atoms with van der Waals surface area (Å²) < 4.78 is 10.9. The lowest BCUT2D eigenvalue weighted by atomic mass is 9.93. The smallest absolute Gasteiger partial charge is 0.227 e. The SMILES string of the molecule is Cc1cc(=O)c(O)c([C@H](CC(=O)N2CCOCC2)c2ccsc2)o1. The van der Waals surface area contributed by atoms with Crippen LogP contribution in [0.25, 0.3) is 0 Å². The van der Waals surface area contributed by atoms with Crippen molar-refractivity contribution in [1.29, 1.82) is 0 Å². The van der Waals surface area contributed by atoms with Crippen LogP contribution < -0.4 is 5.43 Å². The van der Waals surface area contributed by atoms with Crippen molar-refractivity contribution in [3.63, 3.8) is 0 Å². The van der Waals surface area contributed by atoms with E-state index in [4.69, 9.17) is 9.15 Å². The molecule has 128 valence electrons. The van der Waals surface area contributed by atoms with Gasteiger partial charge in [-0.2, -0.15) is 11.3 Å².